The van der Waals surface area contributed by atoms with Gasteiger partial charge in [0.1, 0.15) is 0 Å². The molecular weight excluding hydrogens is 354 g/mol. The van der Waals surface area contributed by atoms with E-state index in [4.69, 9.17) is 0 Å². The molecule has 2 atom stereocenters. The number of aliphatic hydroxyl groups is 1. The van der Waals surface area contributed by atoms with Crippen LogP contribution in [0.15, 0.2) is 30.3 Å². The Morgan fingerprint density at radius 3 is 2.14 bits per heavy atom. The lowest BCUT2D eigenvalue weighted by Crippen LogP contribution is -2.37. The predicted molar refractivity (Wildman–Crippen MR) is 122 cm³/mol. The molecule has 0 aromatic heterocycles. The van der Waals surface area contributed by atoms with E-state index < -0.39 is 0 Å². The van der Waals surface area contributed by atoms with Gasteiger partial charge in [-0.15, -0.1) is 0 Å². The molecule has 0 amide bonds. The number of piperidine rings is 1. The zero-order valence-corrected chi connectivity index (χ0v) is 18.7. The highest BCUT2D eigenvalue weighted by atomic mass is 16.3. The molecule has 2 unspecified atom stereocenters. The first-order valence-corrected chi connectivity index (χ1v) is 11.5. The fraction of sp³-hybridized carbons (Fsp3) is 0.556. The highest BCUT2D eigenvalue weighted by molar-refractivity contribution is 5.42. The molecule has 0 saturated carbocycles. The maximum atomic E-state index is 11.0. The first-order chi connectivity index (χ1) is 13.9. The maximum Gasteiger partial charge on any atom is 0.0798 e. The molecule has 1 saturated heterocycles. The minimum absolute atomic E-state index is 0.301. The summed E-state index contributed by atoms with van der Waals surface area (Å²) in [5, 5.41) is 11.0. The van der Waals surface area contributed by atoms with Crippen LogP contribution in [0.2, 0.25) is 0 Å². The van der Waals surface area contributed by atoms with Crippen LogP contribution in [0.5, 0.6) is 0 Å². The molecule has 2 heteroatoms. The van der Waals surface area contributed by atoms with Crippen molar-refractivity contribution >= 4 is 0 Å². The van der Waals surface area contributed by atoms with E-state index in [9.17, 15) is 5.11 Å². The smallest absolute Gasteiger partial charge is 0.0798 e. The second kappa shape index (κ2) is 8.62. The molecule has 1 fully saturated rings. The van der Waals surface area contributed by atoms with Crippen LogP contribution < -0.4 is 0 Å². The fourth-order valence-electron chi connectivity index (χ4n) is 5.99. The Kier molecular flexibility index (Phi) is 6.13. The second-order valence-electron chi connectivity index (χ2n) is 9.63. The van der Waals surface area contributed by atoms with Gasteiger partial charge in [0, 0.05) is 6.54 Å². The van der Waals surface area contributed by atoms with Crippen molar-refractivity contribution in [3.05, 3.63) is 69.3 Å². The minimum Gasteiger partial charge on any atom is -0.388 e. The Hall–Kier alpha value is -1.64. The molecule has 1 aliphatic carbocycles. The summed E-state index contributed by atoms with van der Waals surface area (Å²) in [6.07, 6.45) is 5.45. The van der Waals surface area contributed by atoms with E-state index in [2.05, 4.69) is 62.9 Å². The molecule has 0 bridgehead atoms. The van der Waals surface area contributed by atoms with Gasteiger partial charge in [0.05, 0.1) is 6.10 Å². The van der Waals surface area contributed by atoms with Gasteiger partial charge < -0.3 is 10.0 Å². The maximum absolute atomic E-state index is 11.0. The van der Waals surface area contributed by atoms with Crippen molar-refractivity contribution in [3.63, 3.8) is 0 Å². The number of rotatable bonds is 3. The van der Waals surface area contributed by atoms with Gasteiger partial charge in [-0.25, -0.2) is 0 Å². The van der Waals surface area contributed by atoms with E-state index in [0.717, 1.165) is 19.4 Å². The van der Waals surface area contributed by atoms with Gasteiger partial charge in [-0.3, -0.25) is 0 Å². The molecule has 2 nitrogen and oxygen atoms in total. The monoisotopic (exact) mass is 391 g/mol. The van der Waals surface area contributed by atoms with Crippen molar-refractivity contribution in [2.24, 2.45) is 5.92 Å². The number of hydrogen-bond acceptors (Lipinski definition) is 2. The number of benzene rings is 2. The van der Waals surface area contributed by atoms with Crippen LogP contribution in [0.1, 0.15) is 76.6 Å². The Labute approximate surface area is 177 Å². The molecule has 0 spiro atoms. The molecule has 1 aliphatic heterocycles. The number of aryl methyl sites for hydroxylation is 4. The second-order valence-corrected chi connectivity index (χ2v) is 9.63. The van der Waals surface area contributed by atoms with E-state index in [1.54, 1.807) is 5.56 Å². The van der Waals surface area contributed by atoms with Gasteiger partial charge in [-0.05, 0) is 124 Å². The molecule has 2 aromatic rings. The van der Waals surface area contributed by atoms with E-state index >= 15 is 0 Å². The van der Waals surface area contributed by atoms with Gasteiger partial charge in [0.2, 0.25) is 0 Å². The van der Waals surface area contributed by atoms with Gasteiger partial charge in [0.25, 0.3) is 0 Å². The summed E-state index contributed by atoms with van der Waals surface area (Å²) in [7, 11) is 0. The lowest BCUT2D eigenvalue weighted by molar-refractivity contribution is 0.116. The predicted octanol–water partition coefficient (Wildman–Crippen LogP) is 5.79. The third-order valence-corrected chi connectivity index (χ3v) is 7.56. The van der Waals surface area contributed by atoms with Crippen LogP contribution in [0.4, 0.5) is 0 Å². The third kappa shape index (κ3) is 4.29. The Bertz CT molecular complexity index is 843. The topological polar surface area (TPSA) is 23.5 Å². The van der Waals surface area contributed by atoms with Crippen molar-refractivity contribution < 1.29 is 5.11 Å². The molecule has 2 aliphatic rings. The Morgan fingerprint density at radius 1 is 0.828 bits per heavy atom. The molecule has 29 heavy (non-hydrogen) atoms. The zero-order chi connectivity index (χ0) is 20.5. The lowest BCUT2D eigenvalue weighted by atomic mass is 9.84. The molecule has 1 N–H and O–H groups in total. The summed E-state index contributed by atoms with van der Waals surface area (Å²) in [5.41, 5.74) is 9.75. The van der Waals surface area contributed by atoms with E-state index in [1.807, 2.05) is 0 Å². The fourth-order valence-corrected chi connectivity index (χ4v) is 5.99. The van der Waals surface area contributed by atoms with Crippen molar-refractivity contribution in [2.45, 2.75) is 71.8 Å². The van der Waals surface area contributed by atoms with Crippen LogP contribution in [0, 0.1) is 33.6 Å². The largest absolute Gasteiger partial charge is 0.388 e. The quantitative estimate of drug-likeness (QED) is 0.670. The van der Waals surface area contributed by atoms with Crippen LogP contribution in [0.25, 0.3) is 0 Å². The van der Waals surface area contributed by atoms with Crippen molar-refractivity contribution in [1.29, 1.82) is 0 Å². The standard InChI is InChI=1S/C27H37NO/c1-18-8-9-21(4)27-24(18)11-10-22(16-25(27)29)17-28-14-12-23(13-15-28)26-19(2)6-5-7-20(26)3/h5-9,22-23,25,29H,10-17H2,1-4H3. The summed E-state index contributed by atoms with van der Waals surface area (Å²) < 4.78 is 0. The van der Waals surface area contributed by atoms with Gasteiger partial charge in [-0.2, -0.15) is 0 Å². The van der Waals surface area contributed by atoms with Crippen molar-refractivity contribution in [1.82, 2.24) is 4.90 Å². The third-order valence-electron chi connectivity index (χ3n) is 7.56. The number of nitrogens with zero attached hydrogens (tertiary/aromatic N) is 1. The number of hydrogen-bond donors (Lipinski definition) is 1. The molecule has 156 valence electrons. The average molecular weight is 392 g/mol. The Morgan fingerprint density at radius 2 is 1.45 bits per heavy atom. The minimum atomic E-state index is -0.301. The number of likely N-dealkylation sites (tertiary alicyclic amines) is 1. The SMILES string of the molecule is Cc1ccc(C)c2c1CCC(CN1CCC(c3c(C)cccc3C)CC1)CC2O. The number of aliphatic hydroxyl groups excluding tert-OH is 1. The normalized spacial score (nSPS) is 23.6. The van der Waals surface area contributed by atoms with Crippen LogP contribution >= 0.6 is 0 Å². The zero-order valence-electron chi connectivity index (χ0n) is 18.7. The van der Waals surface area contributed by atoms with Crippen molar-refractivity contribution in [2.75, 3.05) is 19.6 Å². The van der Waals surface area contributed by atoms with E-state index in [-0.39, 0.29) is 6.10 Å². The van der Waals surface area contributed by atoms with E-state index in [0.29, 0.717) is 11.8 Å². The van der Waals surface area contributed by atoms with Gasteiger partial charge in [-0.1, -0.05) is 30.3 Å². The first kappa shape index (κ1) is 20.6. The summed E-state index contributed by atoms with van der Waals surface area (Å²) in [4.78, 5) is 2.66. The van der Waals surface area contributed by atoms with Crippen LogP contribution in [-0.2, 0) is 6.42 Å². The summed E-state index contributed by atoms with van der Waals surface area (Å²) >= 11 is 0. The van der Waals surface area contributed by atoms with Crippen LogP contribution in [-0.4, -0.2) is 29.6 Å². The summed E-state index contributed by atoms with van der Waals surface area (Å²) in [6.45, 7) is 12.4. The van der Waals surface area contributed by atoms with Crippen molar-refractivity contribution in [3.8, 4) is 0 Å². The molecule has 2 aromatic carbocycles. The molecule has 4 rings (SSSR count). The highest BCUT2D eigenvalue weighted by Gasteiger charge is 2.29. The van der Waals surface area contributed by atoms with E-state index in [1.165, 1.54) is 65.7 Å². The summed E-state index contributed by atoms with van der Waals surface area (Å²) in [6, 6.07) is 11.1. The average Bonchev–Trinajstić information content (AvgIpc) is 2.85. The molecule has 1 heterocycles. The summed E-state index contributed by atoms with van der Waals surface area (Å²) in [5.74, 6) is 1.30. The lowest BCUT2D eigenvalue weighted by Gasteiger charge is -2.35. The van der Waals surface area contributed by atoms with Gasteiger partial charge in [0.15, 0.2) is 0 Å². The van der Waals surface area contributed by atoms with Crippen LogP contribution in [0.3, 0.4) is 0 Å². The first-order valence-electron chi connectivity index (χ1n) is 11.5. The number of fused-ring (bicyclic) bond motifs is 1. The van der Waals surface area contributed by atoms with Gasteiger partial charge >= 0.3 is 0 Å². The highest BCUT2D eigenvalue weighted by Crippen LogP contribution is 2.37. The Balaban J connectivity index is 1.38. The molecule has 0 radical (unpaired) electrons. The molecular formula is C27H37NO.